The summed E-state index contributed by atoms with van der Waals surface area (Å²) in [5.41, 5.74) is 1.88. The third kappa shape index (κ3) is 14.1. The van der Waals surface area contributed by atoms with Crippen LogP contribution in [0.15, 0.2) is 60.7 Å². The lowest BCUT2D eigenvalue weighted by Gasteiger charge is -2.38. The van der Waals surface area contributed by atoms with E-state index in [0.717, 1.165) is 48.8 Å². The average molecular weight is 1250 g/mol. The highest BCUT2D eigenvalue weighted by atomic mass is 32.1. The van der Waals surface area contributed by atoms with Gasteiger partial charge in [-0.15, -0.1) is 11.3 Å². The largest absolute Gasteiger partial charge is 0.453 e. The van der Waals surface area contributed by atoms with Crippen LogP contribution in [0, 0.1) is 29.4 Å². The van der Waals surface area contributed by atoms with E-state index in [-0.39, 0.29) is 110 Å². The molecule has 462 valence electrons. The zero-order valence-corrected chi connectivity index (χ0v) is 48.6. The molecule has 8 N–H and O–H groups in total. The molecule has 4 aromatic rings. The number of ether oxygens (including phenoxy) is 1. The molecule has 1 aromatic heterocycles. The molecule has 9 rings (SSSR count). The number of primary amides is 1. The second kappa shape index (κ2) is 26.4. The van der Waals surface area contributed by atoms with Gasteiger partial charge in [-0.1, -0.05) is 30.0 Å². The van der Waals surface area contributed by atoms with Crippen molar-refractivity contribution in [3.05, 3.63) is 105 Å². The second-order valence-corrected chi connectivity index (χ2v) is 24.8. The molecule has 0 bridgehead atoms. The Morgan fingerprint density at radius 1 is 0.897 bits per heavy atom. The van der Waals surface area contributed by atoms with Gasteiger partial charge in [0.15, 0.2) is 11.6 Å². The SMILES string of the molecule is COC(=O)N1CC[C@H](NC(=O)c2cc3cc(C(F)(F)P(=O)(O)O)ccc3s2)C(=O)N2C(C(=O)N[C@@H](CCC(N)=O)C(=O)N[C@@H](Cc3ccc(F)c(F)c3)C(=O)N3CCC(CCC#Cc4cccc5c4CN(C4CCC(=O)NC4=O)C5=O)CC3)CC[C@@H]2C1. The number of thiophene rings is 1. The predicted octanol–water partition coefficient (Wildman–Crippen LogP) is 3.65. The first kappa shape index (κ1) is 63.3. The van der Waals surface area contributed by atoms with E-state index in [1.54, 1.807) is 18.2 Å². The Bertz CT molecular complexity index is 3570. The summed E-state index contributed by atoms with van der Waals surface area (Å²) < 4.78 is 74.9. The van der Waals surface area contributed by atoms with E-state index < -0.39 is 127 Å². The highest BCUT2D eigenvalue weighted by Gasteiger charge is 2.51. The van der Waals surface area contributed by atoms with Crippen LogP contribution in [0.1, 0.15) is 113 Å². The molecule has 2 unspecified atom stereocenters. The fourth-order valence-corrected chi connectivity index (χ4v) is 13.2. The number of nitrogens with one attached hydrogen (secondary N) is 4. The van der Waals surface area contributed by atoms with Crippen molar-refractivity contribution in [2.75, 3.05) is 33.3 Å². The summed E-state index contributed by atoms with van der Waals surface area (Å²) in [6.45, 7) is 0.430. The summed E-state index contributed by atoms with van der Waals surface area (Å²) >= 11 is 0.829. The van der Waals surface area contributed by atoms with Gasteiger partial charge in [-0.05, 0) is 116 Å². The van der Waals surface area contributed by atoms with Crippen LogP contribution >= 0.6 is 18.9 Å². The summed E-state index contributed by atoms with van der Waals surface area (Å²) in [5, 5.41) is 10.2. The third-order valence-electron chi connectivity index (χ3n) is 16.4. The van der Waals surface area contributed by atoms with Crippen LogP contribution in [-0.2, 0) is 61.5 Å². The Balaban J connectivity index is 0.870. The lowest BCUT2D eigenvalue weighted by molar-refractivity contribution is -0.144. The van der Waals surface area contributed by atoms with E-state index in [1.165, 1.54) is 31.7 Å². The van der Waals surface area contributed by atoms with Crippen molar-refractivity contribution >= 4 is 88.3 Å². The van der Waals surface area contributed by atoms with Gasteiger partial charge in [0.1, 0.15) is 30.2 Å². The van der Waals surface area contributed by atoms with Gasteiger partial charge in [0.2, 0.25) is 41.4 Å². The fraction of sp³-hybridized carbons (Fsp3) is 0.448. The van der Waals surface area contributed by atoms with Crippen molar-refractivity contribution in [3.8, 4) is 11.8 Å². The molecule has 5 aliphatic heterocycles. The summed E-state index contributed by atoms with van der Waals surface area (Å²) in [5.74, 6) is -2.03. The number of nitrogens with two attached hydrogens (primary N) is 1. The Kier molecular flexibility index (Phi) is 19.2. The zero-order chi connectivity index (χ0) is 62.6. The molecule has 87 heavy (non-hydrogen) atoms. The van der Waals surface area contributed by atoms with Gasteiger partial charge >= 0.3 is 19.4 Å². The number of likely N-dealkylation sites (tertiary alicyclic amines) is 1. The number of hydrogen-bond acceptors (Lipinski definition) is 13. The maximum atomic E-state index is 14.7. The van der Waals surface area contributed by atoms with Crippen LogP contribution in [-0.4, -0.2) is 158 Å². The Hall–Kier alpha value is -8.25. The molecule has 0 saturated carbocycles. The number of alkyl halides is 2. The number of benzene rings is 3. The van der Waals surface area contributed by atoms with E-state index in [0.29, 0.717) is 42.4 Å². The van der Waals surface area contributed by atoms with Gasteiger partial charge in [-0.3, -0.25) is 53.0 Å². The van der Waals surface area contributed by atoms with Crippen molar-refractivity contribution in [1.29, 1.82) is 0 Å². The first-order chi connectivity index (χ1) is 41.3. The lowest BCUT2D eigenvalue weighted by Crippen LogP contribution is -2.61. The highest BCUT2D eigenvalue weighted by Crippen LogP contribution is 2.59. The van der Waals surface area contributed by atoms with Crippen LogP contribution in [0.25, 0.3) is 10.1 Å². The highest BCUT2D eigenvalue weighted by molar-refractivity contribution is 7.52. The number of amides is 10. The number of carbonyl (C=O) groups is 10. The van der Waals surface area contributed by atoms with E-state index in [9.17, 15) is 79.9 Å². The second-order valence-electron chi connectivity index (χ2n) is 22.1. The number of rotatable bonds is 17. The number of halogens is 4. The standard InChI is InChI=1S/C58H62F4N9O14PS/c1-85-57(81)69-24-21-42(65-53(77)47-28-34-27-35(10-16-46(34)87-47)58(61,62)86(82,83)84)56(80)71-36(29-69)11-14-45(71)52(76)64-41(13-17-48(63)72)50(74)66-43(26-32-9-12-39(59)40(60)25-32)55(79)68-22-19-31(20-23-68)5-2-3-6-33-7-4-8-37-38(33)30-70(54(37)78)44-15-18-49(73)67-51(44)75/h4,7-10,12,16,25,27-28,31,36,41-45H,2,5,11,13-15,17-24,26,29-30H2,1H3,(H2,63,72)(H,64,76)(H,65,77)(H,66,74)(H,67,73,75)(H2,82,83,84)/t36-,41+,42+,43+,44?,45?/m1/s1. The number of methoxy groups -OCH3 is 1. The lowest BCUT2D eigenvalue weighted by atomic mass is 9.91. The van der Waals surface area contributed by atoms with Crippen molar-refractivity contribution in [2.24, 2.45) is 11.7 Å². The zero-order valence-electron chi connectivity index (χ0n) is 46.9. The van der Waals surface area contributed by atoms with Gasteiger partial charge in [0.25, 0.3) is 11.8 Å². The molecule has 10 amide bonds. The minimum Gasteiger partial charge on any atom is -0.453 e. The minimum atomic E-state index is -5.93. The Labute approximate surface area is 499 Å². The van der Waals surface area contributed by atoms with E-state index >= 15 is 0 Å². The summed E-state index contributed by atoms with van der Waals surface area (Å²) in [7, 11) is -4.79. The normalized spacial score (nSPS) is 20.7. The number of imide groups is 1. The molecule has 4 fully saturated rings. The molecule has 4 saturated heterocycles. The van der Waals surface area contributed by atoms with Crippen LogP contribution in [0.2, 0.25) is 0 Å². The van der Waals surface area contributed by atoms with Crippen LogP contribution in [0.4, 0.5) is 22.4 Å². The van der Waals surface area contributed by atoms with Crippen molar-refractivity contribution in [2.45, 2.75) is 126 Å². The quantitative estimate of drug-likeness (QED) is 0.0344. The Morgan fingerprint density at radius 2 is 1.64 bits per heavy atom. The number of hydrogen-bond donors (Lipinski definition) is 7. The molecule has 23 nitrogen and oxygen atoms in total. The van der Waals surface area contributed by atoms with E-state index in [4.69, 9.17) is 10.5 Å². The summed E-state index contributed by atoms with van der Waals surface area (Å²) in [6.07, 6.45) is 0.471. The number of piperidine rings is 2. The third-order valence-corrected chi connectivity index (χ3v) is 18.5. The maximum absolute atomic E-state index is 14.7. The summed E-state index contributed by atoms with van der Waals surface area (Å²) in [6, 6.07) is 4.77. The first-order valence-corrected chi connectivity index (χ1v) is 30.5. The van der Waals surface area contributed by atoms with Crippen LogP contribution in [0.5, 0.6) is 0 Å². The molecule has 5 aliphatic rings. The van der Waals surface area contributed by atoms with E-state index in [1.807, 2.05) is 0 Å². The molecule has 0 radical (unpaired) electrons. The molecule has 6 atom stereocenters. The molecule has 0 spiro atoms. The first-order valence-electron chi connectivity index (χ1n) is 28.1. The fourth-order valence-electron chi connectivity index (χ4n) is 11.8. The van der Waals surface area contributed by atoms with Crippen molar-refractivity contribution in [3.63, 3.8) is 0 Å². The smallest absolute Gasteiger partial charge is 0.409 e. The Morgan fingerprint density at radius 3 is 2.34 bits per heavy atom. The summed E-state index contributed by atoms with van der Waals surface area (Å²) in [4.78, 5) is 159. The average Bonchev–Trinajstić information content (AvgIpc) is 2.64. The molecular formula is C58H62F4N9O14PS. The molecule has 3 aromatic carbocycles. The number of fused-ring (bicyclic) bond motifs is 3. The molecule has 0 aliphatic carbocycles. The van der Waals surface area contributed by atoms with Gasteiger partial charge in [-0.25, -0.2) is 13.6 Å². The van der Waals surface area contributed by atoms with Gasteiger partial charge in [0, 0.05) is 79.8 Å². The topological polar surface area (TPSA) is 325 Å². The van der Waals surface area contributed by atoms with Gasteiger partial charge in [-0.2, -0.15) is 8.78 Å². The maximum Gasteiger partial charge on any atom is 0.409 e. The molecule has 29 heteroatoms. The van der Waals surface area contributed by atoms with E-state index in [2.05, 4.69) is 33.1 Å². The van der Waals surface area contributed by atoms with Gasteiger partial charge in [0.05, 0.1) is 18.0 Å². The number of nitrogens with zero attached hydrogens (tertiary/aromatic N) is 4. The molecule has 6 heterocycles. The minimum absolute atomic E-state index is 0.0241. The van der Waals surface area contributed by atoms with Crippen molar-refractivity contribution < 1.29 is 84.6 Å². The van der Waals surface area contributed by atoms with Crippen LogP contribution < -0.4 is 27.0 Å². The molecular weight excluding hydrogens is 1190 g/mol. The van der Waals surface area contributed by atoms with Gasteiger partial charge < -0.3 is 55.8 Å². The monoisotopic (exact) mass is 1250 g/mol. The number of carbonyl (C=O) groups excluding carboxylic acids is 10. The van der Waals surface area contributed by atoms with Crippen molar-refractivity contribution in [1.82, 2.24) is 40.9 Å². The van der Waals surface area contributed by atoms with Crippen LogP contribution in [0.3, 0.4) is 0 Å². The predicted molar refractivity (Wildman–Crippen MR) is 302 cm³/mol.